The summed E-state index contributed by atoms with van der Waals surface area (Å²) >= 11 is 1.60. The van der Waals surface area contributed by atoms with E-state index in [4.69, 9.17) is 4.52 Å². The van der Waals surface area contributed by atoms with Gasteiger partial charge in [0.15, 0.2) is 0 Å². The molecule has 8 heteroatoms. The van der Waals surface area contributed by atoms with Crippen molar-refractivity contribution < 1.29 is 4.52 Å². The molecule has 1 atom stereocenters. The lowest BCUT2D eigenvalue weighted by Gasteiger charge is -2.22. The molecule has 3 aromatic rings. The first-order chi connectivity index (χ1) is 10.4. The van der Waals surface area contributed by atoms with Crippen molar-refractivity contribution in [2.75, 3.05) is 0 Å². The molecule has 21 heavy (non-hydrogen) atoms. The zero-order valence-electron chi connectivity index (χ0n) is 11.3. The summed E-state index contributed by atoms with van der Waals surface area (Å²) in [4.78, 5) is 9.66. The van der Waals surface area contributed by atoms with Gasteiger partial charge in [-0.25, -0.2) is 9.67 Å². The van der Waals surface area contributed by atoms with Gasteiger partial charge in [0.05, 0.1) is 18.0 Å². The topological polar surface area (TPSA) is 81.7 Å². The maximum Gasteiger partial charge on any atom is 0.240 e. The third-order valence-electron chi connectivity index (χ3n) is 3.56. The quantitative estimate of drug-likeness (QED) is 0.786. The van der Waals surface area contributed by atoms with Gasteiger partial charge >= 0.3 is 0 Å². The van der Waals surface area contributed by atoms with Crippen LogP contribution in [-0.2, 0) is 19.5 Å². The number of hydrogen-bond acceptors (Lipinski definition) is 7. The van der Waals surface area contributed by atoms with Crippen molar-refractivity contribution in [1.82, 2.24) is 30.2 Å². The summed E-state index contributed by atoms with van der Waals surface area (Å²) in [6, 6.07) is 4.32. The summed E-state index contributed by atoms with van der Waals surface area (Å²) in [5, 5.41) is 13.7. The van der Waals surface area contributed by atoms with Crippen LogP contribution >= 0.6 is 11.3 Å². The van der Waals surface area contributed by atoms with Crippen LogP contribution in [0.2, 0.25) is 0 Å². The first-order valence-electron chi connectivity index (χ1n) is 6.85. The molecule has 0 saturated heterocycles. The number of aryl methyl sites for hydroxylation is 1. The fourth-order valence-electron chi connectivity index (χ4n) is 2.47. The van der Waals surface area contributed by atoms with Crippen molar-refractivity contribution in [2.24, 2.45) is 0 Å². The molecule has 1 aliphatic rings. The molecule has 1 aliphatic heterocycles. The van der Waals surface area contributed by atoms with Gasteiger partial charge < -0.3 is 9.84 Å². The molecule has 0 saturated carbocycles. The highest BCUT2D eigenvalue weighted by atomic mass is 32.1. The zero-order valence-corrected chi connectivity index (χ0v) is 12.1. The summed E-state index contributed by atoms with van der Waals surface area (Å²) in [5.74, 6) is 2.33. The highest BCUT2D eigenvalue weighted by Crippen LogP contribution is 2.21. The normalized spacial score (nSPS) is 17.8. The van der Waals surface area contributed by atoms with E-state index in [1.165, 1.54) is 0 Å². The van der Waals surface area contributed by atoms with E-state index in [-0.39, 0.29) is 0 Å². The van der Waals surface area contributed by atoms with Crippen molar-refractivity contribution in [3.05, 3.63) is 35.6 Å². The lowest BCUT2D eigenvalue weighted by molar-refractivity contribution is 0.320. The summed E-state index contributed by atoms with van der Waals surface area (Å²) in [6.45, 7) is 1.41. The monoisotopic (exact) mass is 302 g/mol. The Kier molecular flexibility index (Phi) is 3.24. The van der Waals surface area contributed by atoms with Crippen LogP contribution in [0.3, 0.4) is 0 Å². The van der Waals surface area contributed by atoms with Gasteiger partial charge in [-0.05, 0) is 17.9 Å². The van der Waals surface area contributed by atoms with Gasteiger partial charge in [0, 0.05) is 12.5 Å². The fourth-order valence-corrected chi connectivity index (χ4v) is 3.12. The Morgan fingerprint density at radius 2 is 2.48 bits per heavy atom. The second-order valence-corrected chi connectivity index (χ2v) is 5.91. The molecule has 7 nitrogen and oxygen atoms in total. The Hall–Kier alpha value is -2.06. The number of fused-ring (bicyclic) bond motifs is 1. The van der Waals surface area contributed by atoms with Crippen LogP contribution in [0.15, 0.2) is 28.4 Å². The molecule has 3 aromatic heterocycles. The van der Waals surface area contributed by atoms with Crippen LogP contribution in [0.25, 0.3) is 10.7 Å². The molecule has 0 fully saturated rings. The van der Waals surface area contributed by atoms with Crippen LogP contribution in [0.1, 0.15) is 18.1 Å². The maximum atomic E-state index is 5.28. The lowest BCUT2D eigenvalue weighted by Crippen LogP contribution is -2.37. The number of nitrogens with one attached hydrogen (secondary N) is 1. The van der Waals surface area contributed by atoms with Gasteiger partial charge in [0.25, 0.3) is 0 Å². The van der Waals surface area contributed by atoms with E-state index in [1.54, 1.807) is 17.7 Å². The molecule has 0 amide bonds. The minimum atomic E-state index is 0.358. The predicted octanol–water partition coefficient (Wildman–Crippen LogP) is 1.49. The molecule has 1 unspecified atom stereocenters. The standard InChI is InChI=1S/C13H14N6OS/c1-2-10(21-5-1)13-17-12(20-18-13)6-14-9-3-4-11-15-8-16-19(11)7-9/h1-2,5,8-9,14H,3-4,6-7H2. The van der Waals surface area contributed by atoms with Crippen LogP contribution in [-0.4, -0.2) is 30.9 Å². The van der Waals surface area contributed by atoms with Crippen LogP contribution in [0, 0.1) is 0 Å². The molecule has 0 radical (unpaired) electrons. The lowest BCUT2D eigenvalue weighted by atomic mass is 10.1. The molecule has 0 spiro atoms. The van der Waals surface area contributed by atoms with Gasteiger partial charge in [-0.2, -0.15) is 10.1 Å². The SMILES string of the molecule is c1csc(-c2noc(CNC3CCc4ncnn4C3)n2)c1. The smallest absolute Gasteiger partial charge is 0.240 e. The number of aromatic nitrogens is 5. The second-order valence-electron chi connectivity index (χ2n) is 4.96. The highest BCUT2D eigenvalue weighted by Gasteiger charge is 2.20. The summed E-state index contributed by atoms with van der Waals surface area (Å²) in [5.41, 5.74) is 0. The van der Waals surface area contributed by atoms with E-state index < -0.39 is 0 Å². The summed E-state index contributed by atoms with van der Waals surface area (Å²) < 4.78 is 7.23. The molecule has 1 N–H and O–H groups in total. The van der Waals surface area contributed by atoms with Crippen LogP contribution < -0.4 is 5.32 Å². The number of hydrogen-bond donors (Lipinski definition) is 1. The minimum Gasteiger partial charge on any atom is -0.338 e. The van der Waals surface area contributed by atoms with Crippen molar-refractivity contribution in [3.8, 4) is 10.7 Å². The second kappa shape index (κ2) is 5.38. The molecular formula is C13H14N6OS. The molecular weight excluding hydrogens is 288 g/mol. The molecule has 0 aliphatic carbocycles. The van der Waals surface area contributed by atoms with Crippen molar-refractivity contribution >= 4 is 11.3 Å². The van der Waals surface area contributed by atoms with Gasteiger partial charge in [0.2, 0.25) is 11.7 Å². The van der Waals surface area contributed by atoms with E-state index in [1.807, 2.05) is 22.2 Å². The molecule has 4 rings (SSSR count). The average Bonchev–Trinajstić information content (AvgIpc) is 3.24. The van der Waals surface area contributed by atoms with Gasteiger partial charge in [-0.1, -0.05) is 11.2 Å². The highest BCUT2D eigenvalue weighted by molar-refractivity contribution is 7.13. The van der Waals surface area contributed by atoms with E-state index in [0.29, 0.717) is 24.3 Å². The van der Waals surface area contributed by atoms with E-state index in [9.17, 15) is 0 Å². The fraction of sp³-hybridized carbons (Fsp3) is 0.385. The predicted molar refractivity (Wildman–Crippen MR) is 76.6 cm³/mol. The van der Waals surface area contributed by atoms with Gasteiger partial charge in [0.1, 0.15) is 12.2 Å². The zero-order chi connectivity index (χ0) is 14.1. The van der Waals surface area contributed by atoms with Gasteiger partial charge in [-0.15, -0.1) is 11.3 Å². The molecule has 0 bridgehead atoms. The number of nitrogens with zero attached hydrogens (tertiary/aromatic N) is 5. The van der Waals surface area contributed by atoms with Crippen LogP contribution in [0.4, 0.5) is 0 Å². The molecule has 4 heterocycles. The van der Waals surface area contributed by atoms with E-state index >= 15 is 0 Å². The van der Waals surface area contributed by atoms with Crippen molar-refractivity contribution in [1.29, 1.82) is 0 Å². The number of rotatable bonds is 4. The summed E-state index contributed by atoms with van der Waals surface area (Å²) in [6.07, 6.45) is 3.61. The van der Waals surface area contributed by atoms with Crippen LogP contribution in [0.5, 0.6) is 0 Å². The van der Waals surface area contributed by atoms with E-state index in [0.717, 1.165) is 30.1 Å². The Labute approximate surface area is 125 Å². The molecule has 0 aromatic carbocycles. The maximum absolute atomic E-state index is 5.28. The Morgan fingerprint density at radius 1 is 1.48 bits per heavy atom. The Bertz CT molecular complexity index is 719. The average molecular weight is 302 g/mol. The van der Waals surface area contributed by atoms with E-state index in [2.05, 4.69) is 25.5 Å². The minimum absolute atomic E-state index is 0.358. The number of thiophene rings is 1. The first-order valence-corrected chi connectivity index (χ1v) is 7.73. The van der Waals surface area contributed by atoms with Gasteiger partial charge in [-0.3, -0.25) is 0 Å². The first kappa shape index (κ1) is 12.7. The Morgan fingerprint density at radius 3 is 3.38 bits per heavy atom. The van der Waals surface area contributed by atoms with Crippen molar-refractivity contribution in [2.45, 2.75) is 32.0 Å². The third kappa shape index (κ3) is 2.59. The third-order valence-corrected chi connectivity index (χ3v) is 4.42. The summed E-state index contributed by atoms with van der Waals surface area (Å²) in [7, 11) is 0. The Balaban J connectivity index is 1.37. The molecule has 108 valence electrons. The van der Waals surface area contributed by atoms with Crippen molar-refractivity contribution in [3.63, 3.8) is 0 Å². The largest absolute Gasteiger partial charge is 0.338 e.